The van der Waals surface area contributed by atoms with E-state index >= 15 is 0 Å². The molecule has 1 rings (SSSR count). The van der Waals surface area contributed by atoms with E-state index < -0.39 is 0 Å². The standard InChI is InChI=1S/C13H22BrN3S/c1-5-6-15-13-12(14)10(7-9(2)3)16-11(17-13)8-18-4/h9H,5-8H2,1-4H3,(H,15,16,17). The number of rotatable bonds is 7. The van der Waals surface area contributed by atoms with Crippen molar-refractivity contribution < 1.29 is 0 Å². The molecule has 1 N–H and O–H groups in total. The second-order valence-corrected chi connectivity index (χ2v) is 6.37. The molecule has 0 unspecified atom stereocenters. The first-order valence-corrected chi connectivity index (χ1v) is 8.55. The van der Waals surface area contributed by atoms with Gasteiger partial charge in [0.25, 0.3) is 0 Å². The van der Waals surface area contributed by atoms with E-state index in [1.807, 2.05) is 0 Å². The smallest absolute Gasteiger partial charge is 0.144 e. The molecule has 0 amide bonds. The maximum atomic E-state index is 4.65. The van der Waals surface area contributed by atoms with Gasteiger partial charge in [-0.1, -0.05) is 20.8 Å². The Morgan fingerprint density at radius 2 is 2.06 bits per heavy atom. The SMILES string of the molecule is CCCNc1nc(CSC)nc(CC(C)C)c1Br. The first-order valence-electron chi connectivity index (χ1n) is 6.36. The Morgan fingerprint density at radius 3 is 2.61 bits per heavy atom. The van der Waals surface area contributed by atoms with Gasteiger partial charge in [-0.25, -0.2) is 9.97 Å². The van der Waals surface area contributed by atoms with E-state index in [4.69, 9.17) is 0 Å². The molecule has 5 heteroatoms. The largest absolute Gasteiger partial charge is 0.369 e. The van der Waals surface area contributed by atoms with Crippen LogP contribution in [-0.2, 0) is 12.2 Å². The van der Waals surface area contributed by atoms with Crippen LogP contribution in [0.3, 0.4) is 0 Å². The van der Waals surface area contributed by atoms with E-state index in [-0.39, 0.29) is 0 Å². The summed E-state index contributed by atoms with van der Waals surface area (Å²) in [6.07, 6.45) is 4.14. The summed E-state index contributed by atoms with van der Waals surface area (Å²) in [6.45, 7) is 7.51. The van der Waals surface area contributed by atoms with E-state index in [0.29, 0.717) is 5.92 Å². The van der Waals surface area contributed by atoms with Gasteiger partial charge in [0.05, 0.1) is 15.9 Å². The summed E-state index contributed by atoms with van der Waals surface area (Å²) in [5.41, 5.74) is 1.11. The molecule has 0 spiro atoms. The minimum Gasteiger partial charge on any atom is -0.369 e. The summed E-state index contributed by atoms with van der Waals surface area (Å²) in [4.78, 5) is 9.23. The van der Waals surface area contributed by atoms with Crippen molar-refractivity contribution in [3.63, 3.8) is 0 Å². The predicted molar refractivity (Wildman–Crippen MR) is 84.3 cm³/mol. The van der Waals surface area contributed by atoms with Gasteiger partial charge in [-0.2, -0.15) is 11.8 Å². The minimum absolute atomic E-state index is 0.595. The minimum atomic E-state index is 0.595. The molecule has 0 atom stereocenters. The van der Waals surface area contributed by atoms with Crippen molar-refractivity contribution in [1.82, 2.24) is 9.97 Å². The lowest BCUT2D eigenvalue weighted by atomic mass is 10.1. The van der Waals surface area contributed by atoms with Crippen molar-refractivity contribution in [3.8, 4) is 0 Å². The second kappa shape index (κ2) is 8.00. The quantitative estimate of drug-likeness (QED) is 0.815. The average Bonchev–Trinajstić information content (AvgIpc) is 2.31. The van der Waals surface area contributed by atoms with Crippen molar-refractivity contribution in [2.45, 2.75) is 39.4 Å². The van der Waals surface area contributed by atoms with Gasteiger partial charge >= 0.3 is 0 Å². The molecule has 18 heavy (non-hydrogen) atoms. The Labute approximate surface area is 123 Å². The summed E-state index contributed by atoms with van der Waals surface area (Å²) in [7, 11) is 0. The van der Waals surface area contributed by atoms with Crippen LogP contribution in [0.4, 0.5) is 5.82 Å². The molecule has 1 aromatic rings. The van der Waals surface area contributed by atoms with Crippen molar-refractivity contribution in [3.05, 3.63) is 16.0 Å². The molecule has 0 saturated heterocycles. The highest BCUT2D eigenvalue weighted by Gasteiger charge is 2.13. The lowest BCUT2D eigenvalue weighted by Crippen LogP contribution is -2.10. The third-order valence-corrected chi connectivity index (χ3v) is 3.76. The Hall–Kier alpha value is -0.290. The van der Waals surface area contributed by atoms with E-state index in [2.05, 4.69) is 58.2 Å². The summed E-state index contributed by atoms with van der Waals surface area (Å²) < 4.78 is 1.02. The number of halogens is 1. The summed E-state index contributed by atoms with van der Waals surface area (Å²) >= 11 is 5.38. The third kappa shape index (κ3) is 4.76. The van der Waals surface area contributed by atoms with Gasteiger partial charge in [-0.05, 0) is 40.9 Å². The summed E-state index contributed by atoms with van der Waals surface area (Å²) in [5.74, 6) is 3.31. The zero-order valence-corrected chi connectivity index (χ0v) is 14.0. The molecule has 102 valence electrons. The highest BCUT2D eigenvalue weighted by atomic mass is 79.9. The number of nitrogens with one attached hydrogen (secondary N) is 1. The first kappa shape index (κ1) is 15.8. The maximum Gasteiger partial charge on any atom is 0.144 e. The zero-order valence-electron chi connectivity index (χ0n) is 11.6. The van der Waals surface area contributed by atoms with Crippen LogP contribution in [-0.4, -0.2) is 22.8 Å². The molecule has 0 aromatic carbocycles. The molecule has 0 radical (unpaired) electrons. The monoisotopic (exact) mass is 331 g/mol. The van der Waals surface area contributed by atoms with Crippen LogP contribution in [0.25, 0.3) is 0 Å². The fraction of sp³-hybridized carbons (Fsp3) is 0.692. The van der Waals surface area contributed by atoms with Crippen molar-refractivity contribution in [2.24, 2.45) is 5.92 Å². The Bertz CT molecular complexity index is 383. The van der Waals surface area contributed by atoms with Crippen LogP contribution in [0.1, 0.15) is 38.7 Å². The fourth-order valence-electron chi connectivity index (χ4n) is 1.62. The van der Waals surface area contributed by atoms with Crippen LogP contribution in [0.15, 0.2) is 4.47 Å². The first-order chi connectivity index (χ1) is 8.58. The van der Waals surface area contributed by atoms with Gasteiger partial charge in [-0.3, -0.25) is 0 Å². The Morgan fingerprint density at radius 1 is 1.33 bits per heavy atom. The fourth-order valence-corrected chi connectivity index (χ4v) is 2.49. The van der Waals surface area contributed by atoms with E-state index in [0.717, 1.165) is 46.9 Å². The molecule has 3 nitrogen and oxygen atoms in total. The maximum absolute atomic E-state index is 4.65. The van der Waals surface area contributed by atoms with Crippen molar-refractivity contribution in [2.75, 3.05) is 18.1 Å². The van der Waals surface area contributed by atoms with Gasteiger partial charge in [0.2, 0.25) is 0 Å². The molecular formula is C13H22BrN3S. The molecule has 1 heterocycles. The van der Waals surface area contributed by atoms with Crippen LogP contribution in [0.2, 0.25) is 0 Å². The molecule has 0 bridgehead atoms. The highest BCUT2D eigenvalue weighted by molar-refractivity contribution is 9.10. The molecular weight excluding hydrogens is 310 g/mol. The molecule has 1 aromatic heterocycles. The third-order valence-electron chi connectivity index (χ3n) is 2.38. The molecule has 0 saturated carbocycles. The number of thioether (sulfide) groups is 1. The van der Waals surface area contributed by atoms with E-state index in [9.17, 15) is 0 Å². The topological polar surface area (TPSA) is 37.8 Å². The van der Waals surface area contributed by atoms with E-state index in [1.165, 1.54) is 0 Å². The second-order valence-electron chi connectivity index (χ2n) is 4.71. The summed E-state index contributed by atoms with van der Waals surface area (Å²) in [5, 5.41) is 3.37. The average molecular weight is 332 g/mol. The van der Waals surface area contributed by atoms with Crippen LogP contribution in [0.5, 0.6) is 0 Å². The van der Waals surface area contributed by atoms with Crippen molar-refractivity contribution in [1.29, 1.82) is 0 Å². The van der Waals surface area contributed by atoms with Gasteiger partial charge in [0.15, 0.2) is 0 Å². The van der Waals surface area contributed by atoms with Crippen molar-refractivity contribution >= 4 is 33.5 Å². The number of hydrogen-bond acceptors (Lipinski definition) is 4. The van der Waals surface area contributed by atoms with Gasteiger partial charge in [0.1, 0.15) is 11.6 Å². The van der Waals surface area contributed by atoms with Gasteiger partial charge in [0, 0.05) is 6.54 Å². The summed E-state index contributed by atoms with van der Waals surface area (Å²) in [6, 6.07) is 0. The molecule has 0 aliphatic carbocycles. The Balaban J connectivity index is 3.02. The number of nitrogens with zero attached hydrogens (tertiary/aromatic N) is 2. The number of anilines is 1. The normalized spacial score (nSPS) is 11.0. The lowest BCUT2D eigenvalue weighted by Gasteiger charge is -2.13. The highest BCUT2D eigenvalue weighted by Crippen LogP contribution is 2.26. The van der Waals surface area contributed by atoms with Crippen LogP contribution in [0, 0.1) is 5.92 Å². The number of aromatic nitrogens is 2. The van der Waals surface area contributed by atoms with Gasteiger partial charge < -0.3 is 5.32 Å². The predicted octanol–water partition coefficient (Wildman–Crippen LogP) is 4.12. The van der Waals surface area contributed by atoms with Gasteiger partial charge in [-0.15, -0.1) is 0 Å². The Kier molecular flexibility index (Phi) is 7.00. The zero-order chi connectivity index (χ0) is 13.5. The van der Waals surface area contributed by atoms with Crippen LogP contribution < -0.4 is 5.32 Å². The number of hydrogen-bond donors (Lipinski definition) is 1. The van der Waals surface area contributed by atoms with E-state index in [1.54, 1.807) is 11.8 Å². The lowest BCUT2D eigenvalue weighted by molar-refractivity contribution is 0.629. The molecule has 0 aliphatic rings. The molecule has 0 fully saturated rings. The van der Waals surface area contributed by atoms with Crippen LogP contribution >= 0.6 is 27.7 Å². The molecule has 0 aliphatic heterocycles.